The van der Waals surface area contributed by atoms with E-state index in [0.29, 0.717) is 43.5 Å². The van der Waals surface area contributed by atoms with Crippen LogP contribution in [0.25, 0.3) is 11.2 Å². The van der Waals surface area contributed by atoms with Gasteiger partial charge in [-0.1, -0.05) is 6.08 Å². The number of hydrogen-bond acceptors (Lipinski definition) is 8. The van der Waals surface area contributed by atoms with E-state index >= 15 is 4.39 Å². The molecule has 1 unspecified atom stereocenters. The molecule has 0 spiro atoms. The van der Waals surface area contributed by atoms with Gasteiger partial charge in [-0.2, -0.15) is 4.98 Å². The third kappa shape index (κ3) is 4.97. The van der Waals surface area contributed by atoms with Crippen LogP contribution in [0.2, 0.25) is 0 Å². The minimum absolute atomic E-state index is 0.110. The van der Waals surface area contributed by atoms with Gasteiger partial charge in [0.05, 0.1) is 26.4 Å². The van der Waals surface area contributed by atoms with Gasteiger partial charge in [0.2, 0.25) is 5.95 Å². The molecule has 188 valence electrons. The molecular weight excluding hydrogens is 461 g/mol. The Bertz CT molecular complexity index is 1260. The maximum absolute atomic E-state index is 15.1. The van der Waals surface area contributed by atoms with Crippen molar-refractivity contribution in [2.75, 3.05) is 69.4 Å². The second-order valence-electron chi connectivity index (χ2n) is 9.29. The van der Waals surface area contributed by atoms with Crippen molar-refractivity contribution < 1.29 is 13.9 Å². The van der Waals surface area contributed by atoms with Crippen LogP contribution in [0.1, 0.15) is 12.1 Å². The molecule has 2 aliphatic heterocycles. The Labute approximate surface area is 209 Å². The maximum atomic E-state index is 15.1. The summed E-state index contributed by atoms with van der Waals surface area (Å²) in [7, 11) is 0. The monoisotopic (exact) mass is 491 g/mol. The lowest BCUT2D eigenvalue weighted by Gasteiger charge is -2.30. The van der Waals surface area contributed by atoms with Crippen LogP contribution in [0.3, 0.4) is 0 Å². The summed E-state index contributed by atoms with van der Waals surface area (Å²) in [6.45, 7) is 7.15. The number of aromatic nitrogens is 4. The minimum atomic E-state index is -0.137. The lowest BCUT2D eigenvalue weighted by molar-refractivity contribution is 0.0316. The van der Waals surface area contributed by atoms with E-state index in [-0.39, 0.29) is 11.7 Å². The standard InChI is InChI=1S/C26H30FN7O2/c27-23-17-19(1-2-20(23)18-32-9-13-35-14-10-32)24-25-30-26(31-34(25)8-7-28-24)29-21-3-5-22(6-4-21)33-11-15-36-16-12-33/h1,3-8,17,20H,2,9-16,18H2,(H,29,31). The van der Waals surface area contributed by atoms with Gasteiger partial charge in [-0.25, -0.2) is 8.91 Å². The molecule has 2 aromatic heterocycles. The number of anilines is 3. The van der Waals surface area contributed by atoms with Gasteiger partial charge in [-0.15, -0.1) is 5.10 Å². The van der Waals surface area contributed by atoms with Crippen molar-refractivity contribution >= 4 is 28.5 Å². The molecular formula is C26H30FN7O2. The highest BCUT2D eigenvalue weighted by Crippen LogP contribution is 2.32. The normalized spacial score (nSPS) is 21.4. The van der Waals surface area contributed by atoms with Crippen LogP contribution in [0, 0.1) is 5.92 Å². The Morgan fingerprint density at radius 2 is 1.75 bits per heavy atom. The average molecular weight is 492 g/mol. The van der Waals surface area contributed by atoms with E-state index in [2.05, 4.69) is 48.4 Å². The van der Waals surface area contributed by atoms with Crippen molar-refractivity contribution in [2.45, 2.75) is 6.42 Å². The largest absolute Gasteiger partial charge is 0.379 e. The summed E-state index contributed by atoms with van der Waals surface area (Å²) in [4.78, 5) is 13.8. The first kappa shape index (κ1) is 23.1. The molecule has 0 radical (unpaired) electrons. The molecule has 6 rings (SSSR count). The van der Waals surface area contributed by atoms with Gasteiger partial charge in [0, 0.05) is 68.0 Å². The SMILES string of the molecule is FC1=CC(c2nccn3nc(Nc4ccc(N5CCOCC5)cc4)nc23)=CCC1CN1CCOCC1. The highest BCUT2D eigenvalue weighted by Gasteiger charge is 2.24. The Morgan fingerprint density at radius 3 is 2.50 bits per heavy atom. The number of fused-ring (bicyclic) bond motifs is 1. The van der Waals surface area contributed by atoms with Crippen molar-refractivity contribution in [3.63, 3.8) is 0 Å². The number of nitrogens with one attached hydrogen (secondary N) is 1. The summed E-state index contributed by atoms with van der Waals surface area (Å²) in [5, 5.41) is 7.83. The van der Waals surface area contributed by atoms with E-state index in [0.717, 1.165) is 50.7 Å². The van der Waals surface area contributed by atoms with Gasteiger partial charge in [-0.3, -0.25) is 9.88 Å². The number of hydrogen-bond donors (Lipinski definition) is 1. The first-order valence-corrected chi connectivity index (χ1v) is 12.5. The molecule has 1 aliphatic carbocycles. The van der Waals surface area contributed by atoms with Gasteiger partial charge in [0.15, 0.2) is 5.65 Å². The molecule has 10 heteroatoms. The zero-order chi connectivity index (χ0) is 24.3. The summed E-state index contributed by atoms with van der Waals surface area (Å²) in [5.41, 5.74) is 4.02. The predicted molar refractivity (Wildman–Crippen MR) is 136 cm³/mol. The van der Waals surface area contributed by atoms with Crippen LogP contribution >= 0.6 is 0 Å². The molecule has 0 bridgehead atoms. The molecule has 1 N–H and O–H groups in total. The van der Waals surface area contributed by atoms with Crippen molar-refractivity contribution in [2.24, 2.45) is 5.92 Å². The van der Waals surface area contributed by atoms with E-state index in [4.69, 9.17) is 9.47 Å². The molecule has 9 nitrogen and oxygen atoms in total. The molecule has 0 amide bonds. The van der Waals surface area contributed by atoms with Crippen LogP contribution in [-0.4, -0.2) is 83.6 Å². The van der Waals surface area contributed by atoms with Gasteiger partial charge < -0.3 is 19.7 Å². The number of rotatable bonds is 6. The fourth-order valence-electron chi connectivity index (χ4n) is 4.91. The van der Waals surface area contributed by atoms with Gasteiger partial charge in [-0.05, 0) is 36.8 Å². The molecule has 0 saturated carbocycles. The Morgan fingerprint density at radius 1 is 1.00 bits per heavy atom. The van der Waals surface area contributed by atoms with E-state index < -0.39 is 0 Å². The highest BCUT2D eigenvalue weighted by atomic mass is 19.1. The van der Waals surface area contributed by atoms with E-state index in [1.54, 1.807) is 23.0 Å². The molecule has 1 aromatic carbocycles. The number of benzene rings is 1. The van der Waals surface area contributed by atoms with Crippen LogP contribution in [0.5, 0.6) is 0 Å². The predicted octanol–water partition coefficient (Wildman–Crippen LogP) is 3.29. The number of ether oxygens (including phenoxy) is 2. The van der Waals surface area contributed by atoms with Crippen molar-refractivity contribution in [3.8, 4) is 0 Å². The average Bonchev–Trinajstić information content (AvgIpc) is 3.34. The lowest BCUT2D eigenvalue weighted by atomic mass is 9.93. The van der Waals surface area contributed by atoms with Crippen LogP contribution < -0.4 is 10.2 Å². The fraction of sp³-hybridized carbons (Fsp3) is 0.423. The van der Waals surface area contributed by atoms with E-state index in [1.165, 1.54) is 5.69 Å². The summed E-state index contributed by atoms with van der Waals surface area (Å²) >= 11 is 0. The molecule has 4 heterocycles. The van der Waals surface area contributed by atoms with E-state index in [1.807, 2.05) is 12.1 Å². The first-order valence-electron chi connectivity index (χ1n) is 12.5. The first-order chi connectivity index (χ1) is 17.7. The zero-order valence-corrected chi connectivity index (χ0v) is 20.1. The number of allylic oxidation sites excluding steroid dienone is 3. The molecule has 2 fully saturated rings. The van der Waals surface area contributed by atoms with Crippen LogP contribution in [-0.2, 0) is 9.47 Å². The molecule has 3 aliphatic rings. The second kappa shape index (κ2) is 10.3. The minimum Gasteiger partial charge on any atom is -0.379 e. The van der Waals surface area contributed by atoms with Crippen LogP contribution in [0.15, 0.2) is 54.6 Å². The molecule has 36 heavy (non-hydrogen) atoms. The molecule has 1 atom stereocenters. The lowest BCUT2D eigenvalue weighted by Crippen LogP contribution is -2.39. The Hall–Kier alpha value is -3.34. The quantitative estimate of drug-likeness (QED) is 0.563. The van der Waals surface area contributed by atoms with Gasteiger partial charge in [0.1, 0.15) is 11.5 Å². The summed E-state index contributed by atoms with van der Waals surface area (Å²) < 4.78 is 27.6. The third-order valence-corrected chi connectivity index (χ3v) is 6.92. The summed E-state index contributed by atoms with van der Waals surface area (Å²) in [6.07, 6.45) is 7.71. The Balaban J connectivity index is 1.17. The van der Waals surface area contributed by atoms with Gasteiger partial charge in [0.25, 0.3) is 0 Å². The Kier molecular flexibility index (Phi) is 6.63. The summed E-state index contributed by atoms with van der Waals surface area (Å²) in [6, 6.07) is 8.21. The van der Waals surface area contributed by atoms with Crippen molar-refractivity contribution in [3.05, 3.63) is 60.3 Å². The number of halogens is 1. The molecule has 3 aromatic rings. The highest BCUT2D eigenvalue weighted by molar-refractivity contribution is 5.81. The van der Waals surface area contributed by atoms with E-state index in [9.17, 15) is 0 Å². The van der Waals surface area contributed by atoms with Crippen LogP contribution in [0.4, 0.5) is 21.7 Å². The number of nitrogens with zero attached hydrogens (tertiary/aromatic N) is 6. The number of morpholine rings is 2. The van der Waals surface area contributed by atoms with Gasteiger partial charge >= 0.3 is 0 Å². The maximum Gasteiger partial charge on any atom is 0.247 e. The topological polar surface area (TPSA) is 80.0 Å². The zero-order valence-electron chi connectivity index (χ0n) is 20.1. The summed E-state index contributed by atoms with van der Waals surface area (Å²) in [5.74, 6) is 0.220. The van der Waals surface area contributed by atoms with Crippen molar-refractivity contribution in [1.82, 2.24) is 24.5 Å². The fourth-order valence-corrected chi connectivity index (χ4v) is 4.91. The second-order valence-corrected chi connectivity index (χ2v) is 9.29. The van der Waals surface area contributed by atoms with Crippen molar-refractivity contribution in [1.29, 1.82) is 0 Å². The molecule has 2 saturated heterocycles. The smallest absolute Gasteiger partial charge is 0.247 e. The third-order valence-electron chi connectivity index (χ3n) is 6.92.